The normalized spacial score (nSPS) is 10.8. The minimum atomic E-state index is -0.215. The number of hydrogen-bond acceptors (Lipinski definition) is 4. The van der Waals surface area contributed by atoms with E-state index in [1.807, 2.05) is 24.3 Å². The van der Waals surface area contributed by atoms with Crippen LogP contribution in [0.15, 0.2) is 42.6 Å². The number of aromatic nitrogens is 1. The molecule has 2 N–H and O–H groups in total. The molecule has 0 bridgehead atoms. The number of ether oxygens (including phenoxy) is 1. The molecule has 0 saturated carbocycles. The van der Waals surface area contributed by atoms with Gasteiger partial charge in [0.05, 0.1) is 19.2 Å². The SMILES string of the molecule is COc1ccc2c(cnc3cc(C(=O)NCCO)ccc32)c1. The summed E-state index contributed by atoms with van der Waals surface area (Å²) in [5.41, 5.74) is 1.29. The van der Waals surface area contributed by atoms with E-state index in [2.05, 4.69) is 10.3 Å². The third-order valence-corrected chi connectivity index (χ3v) is 3.55. The van der Waals surface area contributed by atoms with Crippen molar-refractivity contribution in [3.8, 4) is 5.75 Å². The van der Waals surface area contributed by atoms with Gasteiger partial charge in [0.15, 0.2) is 0 Å². The molecule has 5 heteroatoms. The van der Waals surface area contributed by atoms with Crippen molar-refractivity contribution < 1.29 is 14.6 Å². The molecule has 1 amide bonds. The molecule has 0 radical (unpaired) electrons. The number of fused-ring (bicyclic) bond motifs is 3. The monoisotopic (exact) mass is 296 g/mol. The molecule has 1 heterocycles. The fraction of sp³-hybridized carbons (Fsp3) is 0.176. The average molecular weight is 296 g/mol. The maximum Gasteiger partial charge on any atom is 0.251 e. The van der Waals surface area contributed by atoms with Crippen molar-refractivity contribution in [2.24, 2.45) is 0 Å². The standard InChI is InChI=1S/C17H16N2O3/c1-22-13-3-5-14-12(8-13)10-19-16-9-11(2-4-15(14)16)17(21)18-6-7-20/h2-5,8-10,20H,6-7H2,1H3,(H,18,21). The Kier molecular flexibility index (Phi) is 3.89. The summed E-state index contributed by atoms with van der Waals surface area (Å²) in [4.78, 5) is 16.4. The average Bonchev–Trinajstić information content (AvgIpc) is 2.58. The highest BCUT2D eigenvalue weighted by Gasteiger charge is 2.08. The van der Waals surface area contributed by atoms with Crippen LogP contribution in [-0.2, 0) is 0 Å². The number of benzene rings is 2. The lowest BCUT2D eigenvalue weighted by atomic mass is 10.0. The fourth-order valence-electron chi connectivity index (χ4n) is 2.44. The zero-order chi connectivity index (χ0) is 15.5. The molecule has 2 aromatic carbocycles. The molecule has 0 aliphatic heterocycles. The zero-order valence-electron chi connectivity index (χ0n) is 12.2. The molecule has 0 unspecified atom stereocenters. The van der Waals surface area contributed by atoms with Gasteiger partial charge in [-0.05, 0) is 35.7 Å². The molecule has 0 saturated heterocycles. The molecule has 1 aromatic heterocycles. The van der Waals surface area contributed by atoms with Crippen LogP contribution in [0.1, 0.15) is 10.4 Å². The second-order valence-electron chi connectivity index (χ2n) is 4.92. The van der Waals surface area contributed by atoms with Gasteiger partial charge in [-0.15, -0.1) is 0 Å². The van der Waals surface area contributed by atoms with E-state index in [1.165, 1.54) is 0 Å². The smallest absolute Gasteiger partial charge is 0.251 e. The maximum atomic E-state index is 11.9. The summed E-state index contributed by atoms with van der Waals surface area (Å²) in [6, 6.07) is 11.2. The Morgan fingerprint density at radius 2 is 2.05 bits per heavy atom. The van der Waals surface area contributed by atoms with Gasteiger partial charge >= 0.3 is 0 Å². The van der Waals surface area contributed by atoms with Crippen molar-refractivity contribution in [3.05, 3.63) is 48.2 Å². The van der Waals surface area contributed by atoms with Crippen molar-refractivity contribution >= 4 is 27.6 Å². The van der Waals surface area contributed by atoms with E-state index < -0.39 is 0 Å². The van der Waals surface area contributed by atoms with Crippen molar-refractivity contribution in [2.45, 2.75) is 0 Å². The first-order valence-electron chi connectivity index (χ1n) is 6.98. The number of pyridine rings is 1. The van der Waals surface area contributed by atoms with Crippen LogP contribution in [0.5, 0.6) is 5.75 Å². The van der Waals surface area contributed by atoms with Crippen LogP contribution < -0.4 is 10.1 Å². The van der Waals surface area contributed by atoms with E-state index >= 15 is 0 Å². The summed E-state index contributed by atoms with van der Waals surface area (Å²) in [6.45, 7) is 0.159. The number of hydrogen-bond donors (Lipinski definition) is 2. The van der Waals surface area contributed by atoms with Gasteiger partial charge in [-0.1, -0.05) is 6.07 Å². The van der Waals surface area contributed by atoms with Gasteiger partial charge in [-0.3, -0.25) is 9.78 Å². The molecule has 0 spiro atoms. The quantitative estimate of drug-likeness (QED) is 0.723. The van der Waals surface area contributed by atoms with Crippen LogP contribution in [0.25, 0.3) is 21.7 Å². The van der Waals surface area contributed by atoms with Gasteiger partial charge in [0.2, 0.25) is 0 Å². The maximum absolute atomic E-state index is 11.9. The van der Waals surface area contributed by atoms with Crippen molar-refractivity contribution in [1.82, 2.24) is 10.3 Å². The largest absolute Gasteiger partial charge is 0.497 e. The van der Waals surface area contributed by atoms with Crippen LogP contribution in [0.3, 0.4) is 0 Å². The lowest BCUT2D eigenvalue weighted by Crippen LogP contribution is -2.26. The van der Waals surface area contributed by atoms with Crippen LogP contribution in [0.4, 0.5) is 0 Å². The Morgan fingerprint density at radius 3 is 2.82 bits per heavy atom. The number of rotatable bonds is 4. The van der Waals surface area contributed by atoms with Crippen molar-refractivity contribution in [2.75, 3.05) is 20.3 Å². The predicted octanol–water partition coefficient (Wildman–Crippen LogP) is 2.12. The van der Waals surface area contributed by atoms with Gasteiger partial charge < -0.3 is 15.2 Å². The molecule has 3 rings (SSSR count). The highest BCUT2D eigenvalue weighted by Crippen LogP contribution is 2.27. The van der Waals surface area contributed by atoms with Gasteiger partial charge in [-0.25, -0.2) is 0 Å². The molecule has 0 aliphatic carbocycles. The Bertz CT molecular complexity index is 846. The predicted molar refractivity (Wildman–Crippen MR) is 85.2 cm³/mol. The van der Waals surface area contributed by atoms with E-state index in [0.717, 1.165) is 27.4 Å². The second kappa shape index (κ2) is 5.99. The van der Waals surface area contributed by atoms with Gasteiger partial charge in [0, 0.05) is 29.1 Å². The van der Waals surface area contributed by atoms with Crippen molar-refractivity contribution in [1.29, 1.82) is 0 Å². The van der Waals surface area contributed by atoms with Crippen molar-refractivity contribution in [3.63, 3.8) is 0 Å². The number of methoxy groups -OCH3 is 1. The van der Waals surface area contributed by atoms with Crippen LogP contribution in [0, 0.1) is 0 Å². The minimum Gasteiger partial charge on any atom is -0.497 e. The molecule has 0 aliphatic rings. The summed E-state index contributed by atoms with van der Waals surface area (Å²) in [5, 5.41) is 14.4. The number of nitrogens with one attached hydrogen (secondary N) is 1. The molecule has 3 aromatic rings. The topological polar surface area (TPSA) is 71.5 Å². The molecular weight excluding hydrogens is 280 g/mol. The lowest BCUT2D eigenvalue weighted by molar-refractivity contribution is 0.0945. The molecule has 0 fully saturated rings. The summed E-state index contributed by atoms with van der Waals surface area (Å²) in [7, 11) is 1.63. The fourth-order valence-corrected chi connectivity index (χ4v) is 2.44. The van der Waals surface area contributed by atoms with E-state index in [4.69, 9.17) is 9.84 Å². The summed E-state index contributed by atoms with van der Waals surface area (Å²) in [6.07, 6.45) is 1.77. The molecular formula is C17H16N2O3. The minimum absolute atomic E-state index is 0.0793. The second-order valence-corrected chi connectivity index (χ2v) is 4.92. The number of aliphatic hydroxyl groups is 1. The van der Waals surface area contributed by atoms with E-state index in [9.17, 15) is 4.79 Å². The molecule has 22 heavy (non-hydrogen) atoms. The first kappa shape index (κ1) is 14.3. The van der Waals surface area contributed by atoms with E-state index in [0.29, 0.717) is 5.56 Å². The van der Waals surface area contributed by atoms with E-state index in [-0.39, 0.29) is 19.1 Å². The van der Waals surface area contributed by atoms with Crippen LogP contribution >= 0.6 is 0 Å². The number of carbonyl (C=O) groups is 1. The van der Waals surface area contributed by atoms with Gasteiger partial charge in [0.25, 0.3) is 5.91 Å². The number of aliphatic hydroxyl groups excluding tert-OH is 1. The molecule has 0 atom stereocenters. The lowest BCUT2D eigenvalue weighted by Gasteiger charge is -2.08. The third-order valence-electron chi connectivity index (χ3n) is 3.55. The highest BCUT2D eigenvalue weighted by molar-refractivity contribution is 6.08. The van der Waals surface area contributed by atoms with Gasteiger partial charge in [0.1, 0.15) is 5.75 Å². The Balaban J connectivity index is 2.07. The highest BCUT2D eigenvalue weighted by atomic mass is 16.5. The Hall–Kier alpha value is -2.66. The first-order chi connectivity index (χ1) is 10.7. The number of carbonyl (C=O) groups excluding carboxylic acids is 1. The third kappa shape index (κ3) is 2.58. The number of amides is 1. The Morgan fingerprint density at radius 1 is 1.23 bits per heavy atom. The molecule has 112 valence electrons. The summed E-state index contributed by atoms with van der Waals surface area (Å²) < 4.78 is 5.22. The first-order valence-corrected chi connectivity index (χ1v) is 6.98. The molecule has 5 nitrogen and oxygen atoms in total. The van der Waals surface area contributed by atoms with E-state index in [1.54, 1.807) is 25.4 Å². The Labute approximate surface area is 127 Å². The summed E-state index contributed by atoms with van der Waals surface area (Å²) in [5.74, 6) is 0.571. The summed E-state index contributed by atoms with van der Waals surface area (Å²) >= 11 is 0. The van der Waals surface area contributed by atoms with Crippen LogP contribution in [0.2, 0.25) is 0 Å². The van der Waals surface area contributed by atoms with Crippen LogP contribution in [-0.4, -0.2) is 36.3 Å². The van der Waals surface area contributed by atoms with Gasteiger partial charge in [-0.2, -0.15) is 0 Å². The zero-order valence-corrected chi connectivity index (χ0v) is 12.2. The number of nitrogens with zero attached hydrogens (tertiary/aromatic N) is 1.